The summed E-state index contributed by atoms with van der Waals surface area (Å²) in [4.78, 5) is 4.51. The van der Waals surface area contributed by atoms with Crippen LogP contribution in [0.2, 0.25) is 0 Å². The van der Waals surface area contributed by atoms with E-state index in [1.165, 1.54) is 0 Å². The van der Waals surface area contributed by atoms with Crippen molar-refractivity contribution in [2.45, 2.75) is 12.5 Å². The van der Waals surface area contributed by atoms with E-state index in [2.05, 4.69) is 10.1 Å². The fraction of sp³-hybridized carbons (Fsp3) is 0.429. The normalized spacial score (nSPS) is 17.2. The lowest BCUT2D eigenvalue weighted by atomic mass is 10.2. The van der Waals surface area contributed by atoms with Crippen molar-refractivity contribution in [2.75, 3.05) is 20.3 Å². The van der Waals surface area contributed by atoms with Gasteiger partial charge in [-0.3, -0.25) is 0 Å². The summed E-state index contributed by atoms with van der Waals surface area (Å²) in [6.45, 7) is 1.04. The van der Waals surface area contributed by atoms with Gasteiger partial charge in [-0.1, -0.05) is 12.1 Å². The van der Waals surface area contributed by atoms with Crippen LogP contribution in [0.25, 0.3) is 0 Å². The molecule has 2 aromatic rings. The summed E-state index contributed by atoms with van der Waals surface area (Å²) in [6, 6.07) is 7.63. The van der Waals surface area contributed by atoms with Gasteiger partial charge in [-0.15, -0.1) is 0 Å². The first-order valence-corrected chi connectivity index (χ1v) is 6.55. The number of aryl methyl sites for hydroxylation is 1. The van der Waals surface area contributed by atoms with Crippen molar-refractivity contribution < 1.29 is 14.2 Å². The summed E-state index contributed by atoms with van der Waals surface area (Å²) >= 11 is 0. The van der Waals surface area contributed by atoms with Crippen LogP contribution in [0.5, 0.6) is 11.5 Å². The van der Waals surface area contributed by atoms with Gasteiger partial charge in [0.1, 0.15) is 6.61 Å². The Bertz CT molecular complexity index is 597. The Hall–Kier alpha value is -2.08. The highest BCUT2D eigenvalue weighted by atomic mass is 16.6. The second-order valence-corrected chi connectivity index (χ2v) is 4.62. The van der Waals surface area contributed by atoms with Crippen LogP contribution in [-0.2, 0) is 18.2 Å². The van der Waals surface area contributed by atoms with E-state index in [-0.39, 0.29) is 6.10 Å². The minimum Gasteiger partial charge on any atom is -0.485 e. The molecule has 0 radical (unpaired) electrons. The number of hydrogen-bond donors (Lipinski definition) is 0. The van der Waals surface area contributed by atoms with E-state index >= 15 is 0 Å². The first-order chi connectivity index (χ1) is 9.78. The molecule has 0 saturated heterocycles. The maximum Gasteiger partial charge on any atom is 0.192 e. The second kappa shape index (κ2) is 5.50. The van der Waals surface area contributed by atoms with Crippen LogP contribution in [0.1, 0.15) is 17.8 Å². The van der Waals surface area contributed by atoms with Gasteiger partial charge in [0.05, 0.1) is 6.61 Å². The molecule has 20 heavy (non-hydrogen) atoms. The molecule has 0 aliphatic carbocycles. The molecule has 1 unspecified atom stereocenters. The standard InChI is InChI=1S/C14H17N3O3/c1-17-14(15-13(16-17)7-8-18-2)12-9-19-10-5-3-4-6-11(10)20-12/h3-6,12H,7-9H2,1-2H3. The lowest BCUT2D eigenvalue weighted by Crippen LogP contribution is -2.24. The predicted molar refractivity (Wildman–Crippen MR) is 71.9 cm³/mol. The zero-order valence-corrected chi connectivity index (χ0v) is 11.6. The topological polar surface area (TPSA) is 58.4 Å². The molecular formula is C14H17N3O3. The molecule has 0 bridgehead atoms. The highest BCUT2D eigenvalue weighted by Crippen LogP contribution is 2.35. The maximum atomic E-state index is 5.94. The van der Waals surface area contributed by atoms with Gasteiger partial charge in [-0.05, 0) is 12.1 Å². The second-order valence-electron chi connectivity index (χ2n) is 4.62. The largest absolute Gasteiger partial charge is 0.485 e. The van der Waals surface area contributed by atoms with E-state index in [1.54, 1.807) is 11.8 Å². The van der Waals surface area contributed by atoms with Gasteiger partial charge in [-0.2, -0.15) is 5.10 Å². The summed E-state index contributed by atoms with van der Waals surface area (Å²) in [6.07, 6.45) is 0.452. The average molecular weight is 275 g/mol. The molecule has 0 spiro atoms. The van der Waals surface area contributed by atoms with Crippen LogP contribution in [0, 0.1) is 0 Å². The van der Waals surface area contributed by atoms with Gasteiger partial charge in [0.2, 0.25) is 0 Å². The van der Waals surface area contributed by atoms with Crippen LogP contribution >= 0.6 is 0 Å². The van der Waals surface area contributed by atoms with Gasteiger partial charge in [0.25, 0.3) is 0 Å². The fourth-order valence-electron chi connectivity index (χ4n) is 2.18. The van der Waals surface area contributed by atoms with Gasteiger partial charge >= 0.3 is 0 Å². The van der Waals surface area contributed by atoms with Crippen molar-refractivity contribution in [1.29, 1.82) is 0 Å². The number of para-hydroxylation sites is 2. The molecule has 1 atom stereocenters. The lowest BCUT2D eigenvalue weighted by molar-refractivity contribution is 0.0824. The maximum absolute atomic E-state index is 5.94. The smallest absolute Gasteiger partial charge is 0.192 e. The number of fused-ring (bicyclic) bond motifs is 1. The van der Waals surface area contributed by atoms with E-state index in [1.807, 2.05) is 31.3 Å². The molecule has 2 heterocycles. The summed E-state index contributed by atoms with van der Waals surface area (Å²) in [5, 5.41) is 4.37. The molecule has 0 saturated carbocycles. The Morgan fingerprint density at radius 1 is 1.35 bits per heavy atom. The third kappa shape index (κ3) is 2.46. The van der Waals surface area contributed by atoms with Crippen LogP contribution in [-0.4, -0.2) is 35.1 Å². The van der Waals surface area contributed by atoms with E-state index in [4.69, 9.17) is 14.2 Å². The van der Waals surface area contributed by atoms with Crippen LogP contribution in [0.4, 0.5) is 0 Å². The number of ether oxygens (including phenoxy) is 3. The average Bonchev–Trinajstić information content (AvgIpc) is 2.85. The van der Waals surface area contributed by atoms with E-state index in [9.17, 15) is 0 Å². The van der Waals surface area contributed by atoms with Gasteiger partial charge in [-0.25, -0.2) is 9.67 Å². The van der Waals surface area contributed by atoms with Gasteiger partial charge in [0.15, 0.2) is 29.3 Å². The third-order valence-corrected chi connectivity index (χ3v) is 3.17. The van der Waals surface area contributed by atoms with Crippen molar-refractivity contribution in [3.8, 4) is 11.5 Å². The minimum absolute atomic E-state index is 0.237. The van der Waals surface area contributed by atoms with E-state index < -0.39 is 0 Å². The Labute approximate surface area is 117 Å². The van der Waals surface area contributed by atoms with Crippen molar-refractivity contribution >= 4 is 0 Å². The molecule has 6 heteroatoms. The SMILES string of the molecule is COCCc1nc(C2COc3ccccc3O2)n(C)n1. The number of benzene rings is 1. The Morgan fingerprint density at radius 3 is 2.95 bits per heavy atom. The summed E-state index contributed by atoms with van der Waals surface area (Å²) in [5.74, 6) is 3.04. The molecule has 0 amide bonds. The molecule has 6 nitrogen and oxygen atoms in total. The molecule has 3 rings (SSSR count). The molecule has 1 aliphatic rings. The number of nitrogens with zero attached hydrogens (tertiary/aromatic N) is 3. The first kappa shape index (κ1) is 12.9. The molecule has 106 valence electrons. The lowest BCUT2D eigenvalue weighted by Gasteiger charge is -2.25. The molecule has 1 aliphatic heterocycles. The third-order valence-electron chi connectivity index (χ3n) is 3.17. The van der Waals surface area contributed by atoms with Crippen molar-refractivity contribution in [3.63, 3.8) is 0 Å². The zero-order valence-electron chi connectivity index (χ0n) is 11.6. The number of rotatable bonds is 4. The van der Waals surface area contributed by atoms with Crippen molar-refractivity contribution in [2.24, 2.45) is 7.05 Å². The monoisotopic (exact) mass is 275 g/mol. The minimum atomic E-state index is -0.237. The molecular weight excluding hydrogens is 258 g/mol. The van der Waals surface area contributed by atoms with Gasteiger partial charge in [0, 0.05) is 20.6 Å². The number of aromatic nitrogens is 3. The molecule has 1 aromatic heterocycles. The Balaban J connectivity index is 1.79. The van der Waals surface area contributed by atoms with Gasteiger partial charge < -0.3 is 14.2 Å². The zero-order chi connectivity index (χ0) is 13.9. The van der Waals surface area contributed by atoms with Crippen molar-refractivity contribution in [3.05, 3.63) is 35.9 Å². The highest BCUT2D eigenvalue weighted by molar-refractivity contribution is 5.41. The quantitative estimate of drug-likeness (QED) is 0.846. The summed E-state index contributed by atoms with van der Waals surface area (Å²) in [7, 11) is 3.53. The summed E-state index contributed by atoms with van der Waals surface area (Å²) in [5.41, 5.74) is 0. The highest BCUT2D eigenvalue weighted by Gasteiger charge is 2.26. The summed E-state index contributed by atoms with van der Waals surface area (Å²) < 4.78 is 18.4. The van der Waals surface area contributed by atoms with E-state index in [0.29, 0.717) is 19.6 Å². The van der Waals surface area contributed by atoms with Crippen LogP contribution < -0.4 is 9.47 Å². The Morgan fingerprint density at radius 2 is 2.15 bits per heavy atom. The fourth-order valence-corrected chi connectivity index (χ4v) is 2.18. The van der Waals surface area contributed by atoms with Crippen molar-refractivity contribution in [1.82, 2.24) is 14.8 Å². The predicted octanol–water partition coefficient (Wildman–Crippen LogP) is 1.52. The van der Waals surface area contributed by atoms with Crippen LogP contribution in [0.3, 0.4) is 0 Å². The molecule has 1 aromatic carbocycles. The molecule has 0 fully saturated rings. The van der Waals surface area contributed by atoms with Crippen LogP contribution in [0.15, 0.2) is 24.3 Å². The Kier molecular flexibility index (Phi) is 3.56. The number of hydrogen-bond acceptors (Lipinski definition) is 5. The number of methoxy groups -OCH3 is 1. The van der Waals surface area contributed by atoms with E-state index in [0.717, 1.165) is 23.1 Å². The molecule has 0 N–H and O–H groups in total. The first-order valence-electron chi connectivity index (χ1n) is 6.55.